The Kier molecular flexibility index (Phi) is 3.42. The highest BCUT2D eigenvalue weighted by molar-refractivity contribution is 4.85. The Hall–Kier alpha value is -0.120. The fourth-order valence-electron chi connectivity index (χ4n) is 2.55. The maximum Gasteiger partial charge on any atom is 0.0702 e. The molecule has 82 valence electrons. The van der Waals surface area contributed by atoms with Crippen LogP contribution >= 0.6 is 0 Å². The SMILES string of the molecule is CC1C(N)CCCN1CC1CCCO1. The molecule has 0 aromatic rings. The first-order valence-corrected chi connectivity index (χ1v) is 5.88. The van der Waals surface area contributed by atoms with Gasteiger partial charge in [-0.2, -0.15) is 0 Å². The van der Waals surface area contributed by atoms with Crippen LogP contribution < -0.4 is 5.73 Å². The van der Waals surface area contributed by atoms with Gasteiger partial charge in [0.1, 0.15) is 0 Å². The molecule has 0 spiro atoms. The molecule has 0 bridgehead atoms. The summed E-state index contributed by atoms with van der Waals surface area (Å²) in [6.07, 6.45) is 5.38. The van der Waals surface area contributed by atoms with Gasteiger partial charge in [0.2, 0.25) is 0 Å². The normalized spacial score (nSPS) is 40.3. The Morgan fingerprint density at radius 1 is 1.36 bits per heavy atom. The second-order valence-electron chi connectivity index (χ2n) is 4.68. The monoisotopic (exact) mass is 198 g/mol. The predicted octanol–water partition coefficient (Wildman–Crippen LogP) is 0.977. The lowest BCUT2D eigenvalue weighted by Crippen LogP contribution is -2.52. The maximum atomic E-state index is 6.06. The van der Waals surface area contributed by atoms with Crippen LogP contribution in [0.3, 0.4) is 0 Å². The van der Waals surface area contributed by atoms with E-state index in [0.29, 0.717) is 18.2 Å². The van der Waals surface area contributed by atoms with Crippen molar-refractivity contribution >= 4 is 0 Å². The van der Waals surface area contributed by atoms with Crippen molar-refractivity contribution in [3.05, 3.63) is 0 Å². The standard InChI is InChI=1S/C11H22N2O/c1-9-11(12)5-2-6-13(9)8-10-4-3-7-14-10/h9-11H,2-8,12H2,1H3. The molecule has 0 aromatic heterocycles. The van der Waals surface area contributed by atoms with E-state index in [2.05, 4.69) is 11.8 Å². The van der Waals surface area contributed by atoms with Crippen molar-refractivity contribution in [3.8, 4) is 0 Å². The lowest BCUT2D eigenvalue weighted by molar-refractivity contribution is 0.0430. The number of piperidine rings is 1. The summed E-state index contributed by atoms with van der Waals surface area (Å²) in [4.78, 5) is 2.50. The number of rotatable bonds is 2. The fraction of sp³-hybridized carbons (Fsp3) is 1.00. The summed E-state index contributed by atoms with van der Waals surface area (Å²) in [5.74, 6) is 0. The first-order chi connectivity index (χ1) is 6.77. The van der Waals surface area contributed by atoms with Gasteiger partial charge >= 0.3 is 0 Å². The van der Waals surface area contributed by atoms with Crippen LogP contribution in [0.5, 0.6) is 0 Å². The predicted molar refractivity (Wildman–Crippen MR) is 57.2 cm³/mol. The van der Waals surface area contributed by atoms with E-state index in [4.69, 9.17) is 10.5 Å². The zero-order chi connectivity index (χ0) is 9.97. The Morgan fingerprint density at radius 3 is 2.93 bits per heavy atom. The van der Waals surface area contributed by atoms with Gasteiger partial charge in [0.15, 0.2) is 0 Å². The van der Waals surface area contributed by atoms with E-state index in [0.717, 1.165) is 13.2 Å². The van der Waals surface area contributed by atoms with E-state index >= 15 is 0 Å². The topological polar surface area (TPSA) is 38.5 Å². The van der Waals surface area contributed by atoms with Crippen molar-refractivity contribution < 1.29 is 4.74 Å². The lowest BCUT2D eigenvalue weighted by atomic mass is 9.98. The molecular formula is C11H22N2O. The Balaban J connectivity index is 1.83. The molecule has 3 heteroatoms. The highest BCUT2D eigenvalue weighted by Gasteiger charge is 2.28. The molecule has 2 N–H and O–H groups in total. The van der Waals surface area contributed by atoms with Gasteiger partial charge in [-0.05, 0) is 39.2 Å². The summed E-state index contributed by atoms with van der Waals surface area (Å²) in [5, 5.41) is 0. The lowest BCUT2D eigenvalue weighted by Gasteiger charge is -2.38. The molecule has 0 radical (unpaired) electrons. The van der Waals surface area contributed by atoms with Gasteiger partial charge < -0.3 is 10.5 Å². The summed E-state index contributed by atoms with van der Waals surface area (Å²) < 4.78 is 5.66. The first kappa shape index (κ1) is 10.4. The summed E-state index contributed by atoms with van der Waals surface area (Å²) in [7, 11) is 0. The molecule has 3 atom stereocenters. The Morgan fingerprint density at radius 2 is 2.21 bits per heavy atom. The van der Waals surface area contributed by atoms with E-state index in [9.17, 15) is 0 Å². The number of ether oxygens (including phenoxy) is 1. The van der Waals surface area contributed by atoms with Crippen molar-refractivity contribution in [2.75, 3.05) is 19.7 Å². The van der Waals surface area contributed by atoms with Crippen LogP contribution in [0.15, 0.2) is 0 Å². The average Bonchev–Trinajstić information content (AvgIpc) is 2.66. The van der Waals surface area contributed by atoms with Crippen LogP contribution in [0.1, 0.15) is 32.6 Å². The van der Waals surface area contributed by atoms with Gasteiger partial charge in [-0.25, -0.2) is 0 Å². The highest BCUT2D eigenvalue weighted by atomic mass is 16.5. The Bertz CT molecular complexity index is 180. The maximum absolute atomic E-state index is 6.06. The molecule has 0 amide bonds. The van der Waals surface area contributed by atoms with Crippen LogP contribution in [-0.4, -0.2) is 42.8 Å². The highest BCUT2D eigenvalue weighted by Crippen LogP contribution is 2.20. The van der Waals surface area contributed by atoms with Gasteiger partial charge in [-0.3, -0.25) is 4.90 Å². The van der Waals surface area contributed by atoms with Crippen LogP contribution in [0.4, 0.5) is 0 Å². The van der Waals surface area contributed by atoms with Gasteiger partial charge in [0.05, 0.1) is 6.10 Å². The first-order valence-electron chi connectivity index (χ1n) is 5.88. The van der Waals surface area contributed by atoms with Crippen molar-refractivity contribution in [3.63, 3.8) is 0 Å². The second kappa shape index (κ2) is 4.60. The van der Waals surface area contributed by atoms with Crippen molar-refractivity contribution in [2.24, 2.45) is 5.73 Å². The molecule has 0 saturated carbocycles. The Labute approximate surface area is 86.6 Å². The molecule has 14 heavy (non-hydrogen) atoms. The quantitative estimate of drug-likeness (QED) is 0.719. The number of nitrogens with zero attached hydrogens (tertiary/aromatic N) is 1. The molecule has 3 unspecified atom stereocenters. The smallest absolute Gasteiger partial charge is 0.0702 e. The van der Waals surface area contributed by atoms with E-state index in [-0.39, 0.29) is 0 Å². The molecule has 2 saturated heterocycles. The summed E-state index contributed by atoms with van der Waals surface area (Å²) in [6.45, 7) is 5.50. The van der Waals surface area contributed by atoms with E-state index in [1.54, 1.807) is 0 Å². The molecule has 2 aliphatic heterocycles. The third-order valence-electron chi connectivity index (χ3n) is 3.64. The number of nitrogens with two attached hydrogens (primary N) is 1. The number of hydrogen-bond acceptors (Lipinski definition) is 3. The molecule has 0 aliphatic carbocycles. The van der Waals surface area contributed by atoms with Crippen LogP contribution in [0.2, 0.25) is 0 Å². The summed E-state index contributed by atoms with van der Waals surface area (Å²) >= 11 is 0. The second-order valence-corrected chi connectivity index (χ2v) is 4.68. The van der Waals surface area contributed by atoms with Gasteiger partial charge in [-0.15, -0.1) is 0 Å². The van der Waals surface area contributed by atoms with Crippen molar-refractivity contribution in [1.82, 2.24) is 4.90 Å². The summed E-state index contributed by atoms with van der Waals surface area (Å²) in [6, 6.07) is 0.901. The average molecular weight is 198 g/mol. The molecule has 2 heterocycles. The van der Waals surface area contributed by atoms with E-state index in [1.807, 2.05) is 0 Å². The summed E-state index contributed by atoms with van der Waals surface area (Å²) in [5.41, 5.74) is 6.06. The fourth-order valence-corrected chi connectivity index (χ4v) is 2.55. The van der Waals surface area contributed by atoms with Gasteiger partial charge in [0, 0.05) is 25.2 Å². The van der Waals surface area contributed by atoms with E-state index < -0.39 is 0 Å². The van der Waals surface area contributed by atoms with E-state index in [1.165, 1.54) is 32.2 Å². The van der Waals surface area contributed by atoms with Gasteiger partial charge in [0.25, 0.3) is 0 Å². The molecule has 0 aromatic carbocycles. The molecule has 2 aliphatic rings. The van der Waals surface area contributed by atoms with Crippen LogP contribution in [0, 0.1) is 0 Å². The van der Waals surface area contributed by atoms with Crippen molar-refractivity contribution in [1.29, 1.82) is 0 Å². The third kappa shape index (κ3) is 2.27. The van der Waals surface area contributed by atoms with Crippen molar-refractivity contribution in [2.45, 2.75) is 50.8 Å². The minimum atomic E-state index is 0.366. The molecular weight excluding hydrogens is 176 g/mol. The minimum absolute atomic E-state index is 0.366. The minimum Gasteiger partial charge on any atom is -0.377 e. The number of hydrogen-bond donors (Lipinski definition) is 1. The molecule has 3 nitrogen and oxygen atoms in total. The largest absolute Gasteiger partial charge is 0.377 e. The van der Waals surface area contributed by atoms with Gasteiger partial charge in [-0.1, -0.05) is 0 Å². The van der Waals surface area contributed by atoms with Crippen LogP contribution in [0.25, 0.3) is 0 Å². The van der Waals surface area contributed by atoms with Crippen LogP contribution in [-0.2, 0) is 4.74 Å². The zero-order valence-electron chi connectivity index (χ0n) is 9.11. The third-order valence-corrected chi connectivity index (χ3v) is 3.64. The zero-order valence-corrected chi connectivity index (χ0v) is 9.11. The molecule has 2 fully saturated rings. The molecule has 2 rings (SSSR count). The number of likely N-dealkylation sites (tertiary alicyclic amines) is 1.